The van der Waals surface area contributed by atoms with E-state index in [1.165, 1.54) is 11.1 Å². The summed E-state index contributed by atoms with van der Waals surface area (Å²) in [5.74, 6) is 0. The largest absolute Gasteiger partial charge is 0.380 e. The van der Waals surface area contributed by atoms with Crippen LogP contribution >= 0.6 is 0 Å². The molecule has 0 saturated carbocycles. The summed E-state index contributed by atoms with van der Waals surface area (Å²) in [5.41, 5.74) is 9.26. The van der Waals surface area contributed by atoms with Gasteiger partial charge in [0.15, 0.2) is 0 Å². The quantitative estimate of drug-likeness (QED) is 0.709. The molecule has 3 N–H and O–H groups in total. The van der Waals surface area contributed by atoms with Gasteiger partial charge in [-0.3, -0.25) is 0 Å². The first-order chi connectivity index (χ1) is 8.17. The van der Waals surface area contributed by atoms with Gasteiger partial charge in [0.05, 0.1) is 6.61 Å². The van der Waals surface area contributed by atoms with Crippen LogP contribution in [0.3, 0.4) is 0 Å². The zero-order valence-corrected chi connectivity index (χ0v) is 10.7. The predicted molar refractivity (Wildman–Crippen MR) is 71.8 cm³/mol. The Kier molecular flexibility index (Phi) is 5.91. The molecule has 0 aliphatic heterocycles. The third-order valence-corrected chi connectivity index (χ3v) is 2.55. The molecule has 0 fully saturated rings. The number of rotatable bonds is 7. The SMILES string of the molecule is C=C(C)CNC(CN)c1cccc(COC)c1. The maximum atomic E-state index is 5.79. The van der Waals surface area contributed by atoms with Gasteiger partial charge in [-0.25, -0.2) is 0 Å². The number of methoxy groups -OCH3 is 1. The van der Waals surface area contributed by atoms with Gasteiger partial charge in [0.1, 0.15) is 0 Å². The Labute approximate surface area is 104 Å². The first-order valence-electron chi connectivity index (χ1n) is 5.83. The third-order valence-electron chi connectivity index (χ3n) is 2.55. The molecule has 0 aromatic heterocycles. The van der Waals surface area contributed by atoms with Crippen LogP contribution in [0.15, 0.2) is 36.4 Å². The molecule has 0 spiro atoms. The van der Waals surface area contributed by atoms with Gasteiger partial charge in [0.2, 0.25) is 0 Å². The van der Waals surface area contributed by atoms with Gasteiger partial charge in [-0.15, -0.1) is 0 Å². The summed E-state index contributed by atoms with van der Waals surface area (Å²) in [5, 5.41) is 3.39. The van der Waals surface area contributed by atoms with E-state index in [4.69, 9.17) is 10.5 Å². The summed E-state index contributed by atoms with van der Waals surface area (Å²) < 4.78 is 5.13. The number of hydrogen-bond acceptors (Lipinski definition) is 3. The second-order valence-corrected chi connectivity index (χ2v) is 4.30. The zero-order chi connectivity index (χ0) is 12.7. The van der Waals surface area contributed by atoms with Gasteiger partial charge in [-0.2, -0.15) is 0 Å². The van der Waals surface area contributed by atoms with Crippen molar-refractivity contribution in [2.75, 3.05) is 20.2 Å². The minimum absolute atomic E-state index is 0.170. The van der Waals surface area contributed by atoms with Crippen LogP contribution in [-0.2, 0) is 11.3 Å². The molecule has 17 heavy (non-hydrogen) atoms. The van der Waals surface area contributed by atoms with E-state index in [9.17, 15) is 0 Å². The second kappa shape index (κ2) is 7.22. The van der Waals surface area contributed by atoms with Crippen LogP contribution in [0.1, 0.15) is 24.1 Å². The highest BCUT2D eigenvalue weighted by atomic mass is 16.5. The van der Waals surface area contributed by atoms with E-state index in [1.807, 2.05) is 13.0 Å². The smallest absolute Gasteiger partial charge is 0.0713 e. The maximum Gasteiger partial charge on any atom is 0.0713 e. The van der Waals surface area contributed by atoms with Gasteiger partial charge in [-0.05, 0) is 18.1 Å². The molecule has 1 aromatic carbocycles. The Morgan fingerprint density at radius 1 is 1.53 bits per heavy atom. The highest BCUT2D eigenvalue weighted by Gasteiger charge is 2.09. The van der Waals surface area contributed by atoms with Gasteiger partial charge in [-0.1, -0.05) is 36.4 Å². The molecule has 0 radical (unpaired) electrons. The van der Waals surface area contributed by atoms with Crippen LogP contribution in [0.4, 0.5) is 0 Å². The minimum Gasteiger partial charge on any atom is -0.380 e. The molecule has 0 heterocycles. The lowest BCUT2D eigenvalue weighted by molar-refractivity contribution is 0.185. The maximum absolute atomic E-state index is 5.79. The molecule has 3 nitrogen and oxygen atoms in total. The van der Waals surface area contributed by atoms with Gasteiger partial charge < -0.3 is 15.8 Å². The fraction of sp³-hybridized carbons (Fsp3) is 0.429. The summed E-state index contributed by atoms with van der Waals surface area (Å²) in [6.45, 7) is 7.87. The summed E-state index contributed by atoms with van der Waals surface area (Å²) in [6, 6.07) is 8.48. The first kappa shape index (κ1) is 13.9. The predicted octanol–water partition coefficient (Wildman–Crippen LogP) is 2.00. The Hall–Kier alpha value is -1.16. The molecule has 0 amide bonds. The standard InChI is InChI=1S/C14H22N2O/c1-11(2)9-16-14(8-15)13-6-4-5-12(7-13)10-17-3/h4-7,14,16H,1,8-10,15H2,2-3H3. The Morgan fingerprint density at radius 2 is 2.29 bits per heavy atom. The van der Waals surface area contributed by atoms with Crippen LogP contribution in [0, 0.1) is 0 Å². The van der Waals surface area contributed by atoms with E-state index >= 15 is 0 Å². The topological polar surface area (TPSA) is 47.3 Å². The normalized spacial score (nSPS) is 12.4. The van der Waals surface area contributed by atoms with E-state index in [1.54, 1.807) is 7.11 Å². The molecule has 1 unspecified atom stereocenters. The van der Waals surface area contributed by atoms with Crippen LogP contribution in [-0.4, -0.2) is 20.2 Å². The lowest BCUT2D eigenvalue weighted by Crippen LogP contribution is -2.29. The van der Waals surface area contributed by atoms with Crippen molar-refractivity contribution in [2.24, 2.45) is 5.73 Å². The van der Waals surface area contributed by atoms with E-state index in [0.29, 0.717) is 13.2 Å². The molecular formula is C14H22N2O. The number of nitrogens with two attached hydrogens (primary N) is 1. The average Bonchev–Trinajstić information content (AvgIpc) is 2.30. The first-order valence-corrected chi connectivity index (χ1v) is 5.83. The third kappa shape index (κ3) is 4.69. The number of nitrogens with one attached hydrogen (secondary N) is 1. The van der Waals surface area contributed by atoms with Crippen molar-refractivity contribution in [3.63, 3.8) is 0 Å². The summed E-state index contributed by atoms with van der Waals surface area (Å²) >= 11 is 0. The molecule has 1 rings (SSSR count). The number of hydrogen-bond donors (Lipinski definition) is 2. The Morgan fingerprint density at radius 3 is 2.88 bits per heavy atom. The molecule has 94 valence electrons. The second-order valence-electron chi connectivity index (χ2n) is 4.30. The number of benzene rings is 1. The molecule has 1 aromatic rings. The van der Waals surface area contributed by atoms with Crippen molar-refractivity contribution in [3.8, 4) is 0 Å². The van der Waals surface area contributed by atoms with Crippen LogP contribution in [0.25, 0.3) is 0 Å². The van der Waals surface area contributed by atoms with E-state index in [2.05, 4.69) is 30.1 Å². The molecule has 0 aliphatic carbocycles. The van der Waals surface area contributed by atoms with Gasteiger partial charge in [0, 0.05) is 26.2 Å². The molecule has 3 heteroatoms. The van der Waals surface area contributed by atoms with Crippen LogP contribution < -0.4 is 11.1 Å². The van der Waals surface area contributed by atoms with Gasteiger partial charge >= 0.3 is 0 Å². The van der Waals surface area contributed by atoms with Crippen molar-refractivity contribution < 1.29 is 4.74 Å². The van der Waals surface area contributed by atoms with Gasteiger partial charge in [0.25, 0.3) is 0 Å². The summed E-state index contributed by atoms with van der Waals surface area (Å²) in [6.07, 6.45) is 0. The van der Waals surface area contributed by atoms with E-state index in [-0.39, 0.29) is 6.04 Å². The monoisotopic (exact) mass is 234 g/mol. The highest BCUT2D eigenvalue weighted by Crippen LogP contribution is 2.14. The van der Waals surface area contributed by atoms with Crippen molar-refractivity contribution in [1.29, 1.82) is 0 Å². The van der Waals surface area contributed by atoms with Crippen molar-refractivity contribution >= 4 is 0 Å². The lowest BCUT2D eigenvalue weighted by Gasteiger charge is -2.18. The highest BCUT2D eigenvalue weighted by molar-refractivity contribution is 5.26. The Bertz CT molecular complexity index is 363. The van der Waals surface area contributed by atoms with E-state index in [0.717, 1.165) is 12.1 Å². The minimum atomic E-state index is 0.170. The fourth-order valence-electron chi connectivity index (χ4n) is 1.70. The summed E-state index contributed by atoms with van der Waals surface area (Å²) in [4.78, 5) is 0. The molecular weight excluding hydrogens is 212 g/mol. The zero-order valence-electron chi connectivity index (χ0n) is 10.7. The van der Waals surface area contributed by atoms with Crippen LogP contribution in [0.2, 0.25) is 0 Å². The molecule has 0 aliphatic rings. The van der Waals surface area contributed by atoms with Crippen molar-refractivity contribution in [2.45, 2.75) is 19.6 Å². The van der Waals surface area contributed by atoms with Crippen molar-refractivity contribution in [1.82, 2.24) is 5.32 Å². The Balaban J connectivity index is 2.73. The molecule has 0 bridgehead atoms. The van der Waals surface area contributed by atoms with Crippen molar-refractivity contribution in [3.05, 3.63) is 47.5 Å². The number of ether oxygens (including phenoxy) is 1. The molecule has 1 atom stereocenters. The van der Waals surface area contributed by atoms with Crippen LogP contribution in [0.5, 0.6) is 0 Å². The fourth-order valence-corrected chi connectivity index (χ4v) is 1.70. The lowest BCUT2D eigenvalue weighted by atomic mass is 10.0. The summed E-state index contributed by atoms with van der Waals surface area (Å²) in [7, 11) is 1.70. The average molecular weight is 234 g/mol. The van der Waals surface area contributed by atoms with E-state index < -0.39 is 0 Å². The molecule has 0 saturated heterocycles.